The maximum Gasteiger partial charge on any atom is 0.352 e. The van der Waals surface area contributed by atoms with Crippen LogP contribution in [0, 0.1) is 11.3 Å². The number of carbonyl (C=O) groups excluding carboxylic acids is 1. The highest BCUT2D eigenvalue weighted by Crippen LogP contribution is 2.41. The van der Waals surface area contributed by atoms with E-state index in [4.69, 9.17) is 5.26 Å². The third kappa shape index (κ3) is 4.87. The van der Waals surface area contributed by atoms with E-state index < -0.39 is 23.1 Å². The second kappa shape index (κ2) is 6.88. The third-order valence-corrected chi connectivity index (χ3v) is 6.07. The van der Waals surface area contributed by atoms with Crippen LogP contribution < -0.4 is 0 Å². The lowest BCUT2D eigenvalue weighted by Gasteiger charge is -2.14. The lowest BCUT2D eigenvalue weighted by molar-refractivity contribution is -0.138. The van der Waals surface area contributed by atoms with Crippen LogP contribution in [0.2, 0.25) is 0 Å². The first-order valence-corrected chi connectivity index (χ1v) is 8.14. The largest absolute Gasteiger partial charge is 0.462 e. The SMILES string of the molecule is CCOC(=O)/C(C#N)=C(/C)OS(=O)(=O)C(Br)(Br)Br. The van der Waals surface area contributed by atoms with Gasteiger partial charge in [-0.25, -0.2) is 4.79 Å². The maximum absolute atomic E-state index is 11.6. The molecule has 0 aromatic carbocycles. The Hall–Kier alpha value is -0.110. The average molecular weight is 470 g/mol. The highest BCUT2D eigenvalue weighted by Gasteiger charge is 2.39. The lowest BCUT2D eigenvalue weighted by Crippen LogP contribution is -2.21. The van der Waals surface area contributed by atoms with Crippen molar-refractivity contribution in [2.75, 3.05) is 6.61 Å². The summed E-state index contributed by atoms with van der Waals surface area (Å²) in [6.07, 6.45) is 0. The summed E-state index contributed by atoms with van der Waals surface area (Å²) >= 11 is 8.30. The zero-order chi connectivity index (χ0) is 14.6. The molecule has 0 bridgehead atoms. The summed E-state index contributed by atoms with van der Waals surface area (Å²) in [5, 5.41) is 8.77. The minimum Gasteiger partial charge on any atom is -0.462 e. The van der Waals surface area contributed by atoms with Crippen LogP contribution in [0.25, 0.3) is 0 Å². The van der Waals surface area contributed by atoms with Gasteiger partial charge in [0.2, 0.25) is 0 Å². The molecule has 0 atom stereocenters. The van der Waals surface area contributed by atoms with Crippen molar-refractivity contribution >= 4 is 63.9 Å². The monoisotopic (exact) mass is 467 g/mol. The Morgan fingerprint density at radius 1 is 1.39 bits per heavy atom. The molecule has 0 aliphatic rings. The van der Waals surface area contributed by atoms with Crippen LogP contribution in [0.1, 0.15) is 13.8 Å². The predicted octanol–water partition coefficient (Wildman–Crippen LogP) is 2.49. The molecule has 0 aliphatic heterocycles. The van der Waals surface area contributed by atoms with E-state index in [0.29, 0.717) is 0 Å². The topological polar surface area (TPSA) is 93.5 Å². The van der Waals surface area contributed by atoms with Crippen molar-refractivity contribution in [3.8, 4) is 6.07 Å². The van der Waals surface area contributed by atoms with Crippen molar-refractivity contribution in [1.82, 2.24) is 0 Å². The van der Waals surface area contributed by atoms with E-state index in [-0.39, 0.29) is 12.4 Å². The van der Waals surface area contributed by atoms with Gasteiger partial charge in [-0.3, -0.25) is 0 Å². The molecule has 102 valence electrons. The van der Waals surface area contributed by atoms with Gasteiger partial charge in [-0.05, 0) is 61.6 Å². The van der Waals surface area contributed by atoms with Gasteiger partial charge in [-0.2, -0.15) is 13.7 Å². The Balaban J connectivity index is 5.33. The molecular formula is C8H8Br3NO5S. The van der Waals surface area contributed by atoms with Crippen molar-refractivity contribution in [3.63, 3.8) is 0 Å². The smallest absolute Gasteiger partial charge is 0.352 e. The zero-order valence-corrected chi connectivity index (χ0v) is 14.8. The molecule has 0 radical (unpaired) electrons. The Bertz CT molecular complexity index is 500. The molecule has 0 rings (SSSR count). The third-order valence-electron chi connectivity index (χ3n) is 1.46. The first kappa shape index (κ1) is 17.9. The summed E-state index contributed by atoms with van der Waals surface area (Å²) in [5.41, 5.74) is -0.517. The van der Waals surface area contributed by atoms with Crippen LogP contribution in [0.3, 0.4) is 0 Å². The number of alkyl halides is 3. The number of esters is 1. The van der Waals surface area contributed by atoms with Crippen molar-refractivity contribution in [2.24, 2.45) is 0 Å². The predicted molar refractivity (Wildman–Crippen MR) is 74.5 cm³/mol. The van der Waals surface area contributed by atoms with Crippen molar-refractivity contribution in [3.05, 3.63) is 11.3 Å². The number of halogens is 3. The number of ether oxygens (including phenoxy) is 1. The normalized spacial score (nSPS) is 13.3. The molecule has 10 heteroatoms. The van der Waals surface area contributed by atoms with Gasteiger partial charge >= 0.3 is 16.1 Å². The highest BCUT2D eigenvalue weighted by molar-refractivity contribution is 9.42. The van der Waals surface area contributed by atoms with Crippen LogP contribution in [0.5, 0.6) is 0 Å². The van der Waals surface area contributed by atoms with Crippen LogP contribution in [0.15, 0.2) is 11.3 Å². The summed E-state index contributed by atoms with van der Waals surface area (Å²) in [4.78, 5) is 11.3. The number of allylic oxidation sites excluding steroid dienone is 1. The molecular weight excluding hydrogens is 462 g/mol. The molecule has 0 aromatic heterocycles. The molecule has 0 fully saturated rings. The van der Waals surface area contributed by atoms with Gasteiger partial charge < -0.3 is 8.92 Å². The van der Waals surface area contributed by atoms with Crippen molar-refractivity contribution in [1.29, 1.82) is 5.26 Å². The van der Waals surface area contributed by atoms with Crippen LogP contribution >= 0.6 is 47.8 Å². The standard InChI is InChI=1S/C8H8Br3NO5S/c1-3-16-7(13)6(4-12)5(2)17-18(14,15)8(9,10)11/h3H2,1-2H3/b6-5-. The molecule has 0 saturated carbocycles. The molecule has 0 saturated heterocycles. The Labute approximate surface area is 130 Å². The molecule has 0 unspecified atom stereocenters. The van der Waals surface area contributed by atoms with Crippen LogP contribution in [0.4, 0.5) is 0 Å². The second-order valence-corrected chi connectivity index (χ2v) is 12.8. The summed E-state index contributed by atoms with van der Waals surface area (Å²) in [6, 6.07) is 1.53. The summed E-state index contributed by atoms with van der Waals surface area (Å²) < 4.78 is 30.7. The molecule has 0 amide bonds. The lowest BCUT2D eigenvalue weighted by atomic mass is 10.2. The first-order valence-electron chi connectivity index (χ1n) is 4.35. The molecule has 18 heavy (non-hydrogen) atoms. The van der Waals surface area contributed by atoms with E-state index in [1.807, 2.05) is 0 Å². The summed E-state index contributed by atoms with van der Waals surface area (Å²) in [6.45, 7) is 2.79. The van der Waals surface area contributed by atoms with Gasteiger partial charge in [-0.15, -0.1) is 0 Å². The van der Waals surface area contributed by atoms with Crippen LogP contribution in [-0.2, 0) is 23.8 Å². The number of nitrogens with zero attached hydrogens (tertiary/aromatic N) is 1. The molecule has 0 aliphatic carbocycles. The van der Waals surface area contributed by atoms with Crippen LogP contribution in [-0.4, -0.2) is 22.5 Å². The minimum absolute atomic E-state index is 0.0588. The number of rotatable bonds is 4. The molecule has 6 nitrogen and oxygen atoms in total. The Morgan fingerprint density at radius 3 is 2.22 bits per heavy atom. The van der Waals surface area contributed by atoms with Gasteiger partial charge in [0.1, 0.15) is 11.8 Å². The molecule has 0 spiro atoms. The van der Waals surface area contributed by atoms with Gasteiger partial charge in [0.15, 0.2) is 5.57 Å². The highest BCUT2D eigenvalue weighted by atomic mass is 80.0. The van der Waals surface area contributed by atoms with E-state index in [2.05, 4.69) is 56.7 Å². The molecule has 0 heterocycles. The quantitative estimate of drug-likeness (QED) is 0.157. The fourth-order valence-corrected chi connectivity index (χ4v) is 1.83. The number of hydrogen-bond donors (Lipinski definition) is 0. The zero-order valence-electron chi connectivity index (χ0n) is 9.24. The van der Waals surface area contributed by atoms with Gasteiger partial charge in [0, 0.05) is 0 Å². The Morgan fingerprint density at radius 2 is 1.89 bits per heavy atom. The van der Waals surface area contributed by atoms with E-state index >= 15 is 0 Å². The number of nitriles is 1. The summed E-state index contributed by atoms with van der Waals surface area (Å²) in [5.74, 6) is -1.32. The summed E-state index contributed by atoms with van der Waals surface area (Å²) in [7, 11) is -4.17. The first-order chi connectivity index (χ1) is 8.06. The van der Waals surface area contributed by atoms with Crippen molar-refractivity contribution < 1.29 is 22.1 Å². The van der Waals surface area contributed by atoms with E-state index in [1.165, 1.54) is 13.0 Å². The minimum atomic E-state index is -4.17. The average Bonchev–Trinajstić information content (AvgIpc) is 2.16. The van der Waals surface area contributed by atoms with Crippen molar-refractivity contribution in [2.45, 2.75) is 15.3 Å². The van der Waals surface area contributed by atoms with E-state index in [9.17, 15) is 13.2 Å². The van der Waals surface area contributed by atoms with Gasteiger partial charge in [-0.1, -0.05) is 0 Å². The fourth-order valence-electron chi connectivity index (χ4n) is 0.725. The van der Waals surface area contributed by atoms with E-state index in [1.54, 1.807) is 6.92 Å². The number of carbonyl (C=O) groups is 1. The molecule has 0 N–H and O–H groups in total. The number of hydrogen-bond acceptors (Lipinski definition) is 6. The molecule has 0 aromatic rings. The maximum atomic E-state index is 11.6. The van der Waals surface area contributed by atoms with Gasteiger partial charge in [0.05, 0.1) is 6.61 Å². The second-order valence-electron chi connectivity index (χ2n) is 2.75. The van der Waals surface area contributed by atoms with Gasteiger partial charge in [0.25, 0.3) is 1.47 Å². The van der Waals surface area contributed by atoms with E-state index in [0.717, 1.165) is 0 Å². The fraction of sp³-hybridized carbons (Fsp3) is 0.500. The Kier molecular flexibility index (Phi) is 6.84.